The molecule has 4 nitrogen and oxygen atoms in total. The van der Waals surface area contributed by atoms with Crippen LogP contribution in [0.5, 0.6) is 0 Å². The number of hydrogen-bond acceptors (Lipinski definition) is 3. The number of anilines is 1. The first-order valence-electron chi connectivity index (χ1n) is 6.57. The van der Waals surface area contributed by atoms with E-state index in [2.05, 4.69) is 24.1 Å². The summed E-state index contributed by atoms with van der Waals surface area (Å²) in [6, 6.07) is 3.42. The molecule has 1 aromatic heterocycles. The molecule has 0 unspecified atom stereocenters. The van der Waals surface area contributed by atoms with E-state index in [0.29, 0.717) is 23.8 Å². The SMILES string of the molecule is CCc1cc(C(=O)NCCCC(C)C)cc(N)n1. The number of rotatable bonds is 6. The van der Waals surface area contributed by atoms with Crippen LogP contribution in [-0.2, 0) is 6.42 Å². The van der Waals surface area contributed by atoms with Gasteiger partial charge >= 0.3 is 0 Å². The van der Waals surface area contributed by atoms with E-state index in [1.807, 2.05) is 6.92 Å². The van der Waals surface area contributed by atoms with E-state index in [4.69, 9.17) is 5.73 Å². The molecule has 0 aliphatic heterocycles. The zero-order valence-corrected chi connectivity index (χ0v) is 11.5. The zero-order chi connectivity index (χ0) is 13.5. The zero-order valence-electron chi connectivity index (χ0n) is 11.5. The van der Waals surface area contributed by atoms with Gasteiger partial charge in [0.1, 0.15) is 5.82 Å². The van der Waals surface area contributed by atoms with Gasteiger partial charge in [-0.2, -0.15) is 0 Å². The van der Waals surface area contributed by atoms with Crippen molar-refractivity contribution >= 4 is 11.7 Å². The highest BCUT2D eigenvalue weighted by atomic mass is 16.1. The van der Waals surface area contributed by atoms with Gasteiger partial charge in [0, 0.05) is 17.8 Å². The molecule has 1 amide bonds. The molecular formula is C14H23N3O. The smallest absolute Gasteiger partial charge is 0.251 e. The van der Waals surface area contributed by atoms with Crippen molar-refractivity contribution in [2.45, 2.75) is 40.0 Å². The first-order valence-corrected chi connectivity index (χ1v) is 6.57. The standard InChI is InChI=1S/C14H23N3O/c1-4-12-8-11(9-13(15)17-12)14(18)16-7-5-6-10(2)3/h8-10H,4-7H2,1-3H3,(H2,15,17)(H,16,18). The Morgan fingerprint density at radius 2 is 2.17 bits per heavy atom. The van der Waals surface area contributed by atoms with Crippen LogP contribution in [0.25, 0.3) is 0 Å². The minimum Gasteiger partial charge on any atom is -0.384 e. The Kier molecular flexibility index (Phi) is 5.62. The molecular weight excluding hydrogens is 226 g/mol. The van der Waals surface area contributed by atoms with Gasteiger partial charge in [-0.15, -0.1) is 0 Å². The molecule has 0 spiro atoms. The molecule has 0 fully saturated rings. The maximum atomic E-state index is 11.9. The molecule has 0 aliphatic carbocycles. The molecule has 3 N–H and O–H groups in total. The number of nitrogens with one attached hydrogen (secondary N) is 1. The van der Waals surface area contributed by atoms with Crippen molar-refractivity contribution in [2.24, 2.45) is 5.92 Å². The first kappa shape index (κ1) is 14.5. The van der Waals surface area contributed by atoms with Gasteiger partial charge in [0.05, 0.1) is 0 Å². The van der Waals surface area contributed by atoms with Crippen LogP contribution in [0.15, 0.2) is 12.1 Å². The topological polar surface area (TPSA) is 68.0 Å². The lowest BCUT2D eigenvalue weighted by Gasteiger charge is -2.08. The summed E-state index contributed by atoms with van der Waals surface area (Å²) in [5.41, 5.74) is 7.13. The highest BCUT2D eigenvalue weighted by molar-refractivity contribution is 5.94. The van der Waals surface area contributed by atoms with Gasteiger partial charge in [0.25, 0.3) is 5.91 Å². The van der Waals surface area contributed by atoms with Crippen molar-refractivity contribution in [3.8, 4) is 0 Å². The summed E-state index contributed by atoms with van der Waals surface area (Å²) in [5, 5.41) is 2.91. The predicted molar refractivity (Wildman–Crippen MR) is 74.4 cm³/mol. The van der Waals surface area contributed by atoms with Gasteiger partial charge in [0.15, 0.2) is 0 Å². The summed E-state index contributed by atoms with van der Waals surface area (Å²) in [6.07, 6.45) is 2.91. The third-order valence-corrected chi connectivity index (χ3v) is 2.77. The molecule has 1 rings (SSSR count). The summed E-state index contributed by atoms with van der Waals surface area (Å²) in [7, 11) is 0. The molecule has 0 aromatic carbocycles. The molecule has 0 bridgehead atoms. The third kappa shape index (κ3) is 4.73. The van der Waals surface area contributed by atoms with Crippen LogP contribution >= 0.6 is 0 Å². The predicted octanol–water partition coefficient (Wildman–Crippen LogP) is 2.39. The summed E-state index contributed by atoms with van der Waals surface area (Å²) < 4.78 is 0. The van der Waals surface area contributed by atoms with Crippen molar-refractivity contribution in [1.82, 2.24) is 10.3 Å². The number of amides is 1. The summed E-state index contributed by atoms with van der Waals surface area (Å²) in [6.45, 7) is 7.06. The lowest BCUT2D eigenvalue weighted by molar-refractivity contribution is 0.0952. The van der Waals surface area contributed by atoms with Crippen LogP contribution in [0.1, 0.15) is 49.7 Å². The van der Waals surface area contributed by atoms with Gasteiger partial charge in [0.2, 0.25) is 0 Å². The van der Waals surface area contributed by atoms with Crippen molar-refractivity contribution in [2.75, 3.05) is 12.3 Å². The van der Waals surface area contributed by atoms with Gasteiger partial charge in [-0.25, -0.2) is 4.98 Å². The second-order valence-corrected chi connectivity index (χ2v) is 4.92. The van der Waals surface area contributed by atoms with E-state index in [1.54, 1.807) is 12.1 Å². The molecule has 4 heteroatoms. The molecule has 0 atom stereocenters. The Bertz CT molecular complexity index is 402. The summed E-state index contributed by atoms with van der Waals surface area (Å²) >= 11 is 0. The molecule has 1 aromatic rings. The van der Waals surface area contributed by atoms with E-state index < -0.39 is 0 Å². The molecule has 18 heavy (non-hydrogen) atoms. The molecule has 0 saturated heterocycles. The largest absolute Gasteiger partial charge is 0.384 e. The van der Waals surface area contributed by atoms with E-state index in [-0.39, 0.29) is 5.91 Å². The molecule has 0 radical (unpaired) electrons. The Morgan fingerprint density at radius 1 is 1.44 bits per heavy atom. The van der Waals surface area contributed by atoms with Crippen molar-refractivity contribution < 1.29 is 4.79 Å². The van der Waals surface area contributed by atoms with Crippen LogP contribution in [0.2, 0.25) is 0 Å². The van der Waals surface area contributed by atoms with E-state index in [1.165, 1.54) is 0 Å². The number of hydrogen-bond donors (Lipinski definition) is 2. The van der Waals surface area contributed by atoms with Gasteiger partial charge in [-0.05, 0) is 37.3 Å². The third-order valence-electron chi connectivity index (χ3n) is 2.77. The maximum Gasteiger partial charge on any atom is 0.251 e. The number of carbonyl (C=O) groups excluding carboxylic acids is 1. The van der Waals surface area contributed by atoms with Crippen LogP contribution < -0.4 is 11.1 Å². The average Bonchev–Trinajstić information content (AvgIpc) is 2.33. The Hall–Kier alpha value is -1.58. The lowest BCUT2D eigenvalue weighted by Crippen LogP contribution is -2.25. The number of pyridine rings is 1. The lowest BCUT2D eigenvalue weighted by atomic mass is 10.1. The van der Waals surface area contributed by atoms with Crippen molar-refractivity contribution in [3.05, 3.63) is 23.4 Å². The number of nitrogens with two attached hydrogens (primary N) is 1. The second-order valence-electron chi connectivity index (χ2n) is 4.92. The fourth-order valence-corrected chi connectivity index (χ4v) is 1.74. The number of aryl methyl sites for hydroxylation is 1. The number of nitrogen functional groups attached to an aromatic ring is 1. The average molecular weight is 249 g/mol. The van der Waals surface area contributed by atoms with Crippen LogP contribution in [-0.4, -0.2) is 17.4 Å². The van der Waals surface area contributed by atoms with Crippen molar-refractivity contribution in [1.29, 1.82) is 0 Å². The summed E-state index contributed by atoms with van der Waals surface area (Å²) in [5.74, 6) is 1.01. The summed E-state index contributed by atoms with van der Waals surface area (Å²) in [4.78, 5) is 16.1. The minimum absolute atomic E-state index is 0.0671. The van der Waals surface area contributed by atoms with Crippen molar-refractivity contribution in [3.63, 3.8) is 0 Å². The second kappa shape index (κ2) is 6.99. The van der Waals surface area contributed by atoms with E-state index in [9.17, 15) is 4.79 Å². The van der Waals surface area contributed by atoms with Gasteiger partial charge in [-0.3, -0.25) is 4.79 Å². The van der Waals surface area contributed by atoms with Crippen LogP contribution in [0.4, 0.5) is 5.82 Å². The maximum absolute atomic E-state index is 11.9. The minimum atomic E-state index is -0.0671. The highest BCUT2D eigenvalue weighted by Crippen LogP contribution is 2.08. The quantitative estimate of drug-likeness (QED) is 0.761. The Labute approximate surface area is 109 Å². The Balaban J connectivity index is 2.53. The first-order chi connectivity index (χ1) is 8.52. The fourth-order valence-electron chi connectivity index (χ4n) is 1.74. The molecule has 100 valence electrons. The van der Waals surface area contributed by atoms with Gasteiger partial charge < -0.3 is 11.1 Å². The number of carbonyl (C=O) groups is 1. The van der Waals surface area contributed by atoms with E-state index in [0.717, 1.165) is 25.0 Å². The van der Waals surface area contributed by atoms with Crippen LogP contribution in [0.3, 0.4) is 0 Å². The highest BCUT2D eigenvalue weighted by Gasteiger charge is 2.07. The molecule has 0 saturated carbocycles. The monoisotopic (exact) mass is 249 g/mol. The normalized spacial score (nSPS) is 10.7. The van der Waals surface area contributed by atoms with Crippen LogP contribution in [0, 0.1) is 5.92 Å². The molecule has 0 aliphatic rings. The number of aromatic nitrogens is 1. The number of nitrogens with zero attached hydrogens (tertiary/aromatic N) is 1. The van der Waals surface area contributed by atoms with Gasteiger partial charge in [-0.1, -0.05) is 20.8 Å². The van der Waals surface area contributed by atoms with E-state index >= 15 is 0 Å². The Morgan fingerprint density at radius 3 is 2.78 bits per heavy atom. The fraction of sp³-hybridized carbons (Fsp3) is 0.571. The molecule has 1 heterocycles.